The summed E-state index contributed by atoms with van der Waals surface area (Å²) < 4.78 is 19.2. The van der Waals surface area contributed by atoms with Gasteiger partial charge in [-0.1, -0.05) is 18.2 Å². The molecule has 5 heteroatoms. The summed E-state index contributed by atoms with van der Waals surface area (Å²) in [5, 5.41) is 8.08. The van der Waals surface area contributed by atoms with Gasteiger partial charge in [-0.3, -0.25) is 0 Å². The van der Waals surface area contributed by atoms with Crippen LogP contribution in [0, 0.1) is 5.82 Å². The number of benzene rings is 1. The highest BCUT2D eigenvalue weighted by Gasteiger charge is 2.18. The third-order valence-corrected chi connectivity index (χ3v) is 4.93. The van der Waals surface area contributed by atoms with Crippen molar-refractivity contribution in [2.75, 3.05) is 0 Å². The zero-order valence-corrected chi connectivity index (χ0v) is 12.6. The summed E-state index contributed by atoms with van der Waals surface area (Å²) in [6, 6.07) is 8.71. The van der Waals surface area contributed by atoms with Gasteiger partial charge in [0.25, 0.3) is 5.89 Å². The summed E-state index contributed by atoms with van der Waals surface area (Å²) in [6.07, 6.45) is 6.80. The van der Waals surface area contributed by atoms with Crippen LogP contribution >= 0.6 is 11.3 Å². The molecule has 0 radical (unpaired) electrons. The molecule has 1 aromatic carbocycles. The van der Waals surface area contributed by atoms with Crippen molar-refractivity contribution in [1.29, 1.82) is 0 Å². The topological polar surface area (TPSA) is 38.9 Å². The van der Waals surface area contributed by atoms with Crippen molar-refractivity contribution in [3.8, 4) is 10.8 Å². The van der Waals surface area contributed by atoms with Gasteiger partial charge in [0.2, 0.25) is 5.89 Å². The van der Waals surface area contributed by atoms with Crippen LogP contribution in [0.25, 0.3) is 22.9 Å². The van der Waals surface area contributed by atoms with Gasteiger partial charge in [0.1, 0.15) is 5.82 Å². The van der Waals surface area contributed by atoms with E-state index in [0.29, 0.717) is 17.3 Å². The first-order valence-corrected chi connectivity index (χ1v) is 7.99. The predicted molar refractivity (Wildman–Crippen MR) is 85.0 cm³/mol. The zero-order chi connectivity index (χ0) is 14.9. The molecule has 0 bridgehead atoms. The number of thiophene rings is 1. The van der Waals surface area contributed by atoms with Crippen LogP contribution in [0.3, 0.4) is 0 Å². The quantitative estimate of drug-likeness (QED) is 0.709. The van der Waals surface area contributed by atoms with Crippen LogP contribution < -0.4 is 0 Å². The first-order chi connectivity index (χ1) is 10.8. The minimum absolute atomic E-state index is 0.270. The minimum Gasteiger partial charge on any atom is -0.416 e. The summed E-state index contributed by atoms with van der Waals surface area (Å²) in [7, 11) is 0. The molecule has 0 aliphatic heterocycles. The fourth-order valence-electron chi connectivity index (χ4n) is 2.61. The van der Waals surface area contributed by atoms with E-state index in [4.69, 9.17) is 4.42 Å². The van der Waals surface area contributed by atoms with E-state index in [0.717, 1.165) is 17.7 Å². The maximum absolute atomic E-state index is 13.5. The second-order valence-electron chi connectivity index (χ2n) is 5.21. The Kier molecular flexibility index (Phi) is 3.35. The van der Waals surface area contributed by atoms with E-state index in [-0.39, 0.29) is 5.82 Å². The van der Waals surface area contributed by atoms with E-state index in [1.54, 1.807) is 41.7 Å². The van der Waals surface area contributed by atoms with Crippen LogP contribution in [-0.4, -0.2) is 10.2 Å². The standard InChI is InChI=1S/C17H13FN2OS/c18-13-6-2-1-4-11(13)8-9-16-19-20-17(21-16)15-10-12-5-3-7-14(12)22-15/h1-2,4,6,8-10H,3,5,7H2/b9-8+. The lowest BCUT2D eigenvalue weighted by molar-refractivity contribution is 0.559. The molecule has 0 amide bonds. The number of nitrogens with zero attached hydrogens (tertiary/aromatic N) is 2. The summed E-state index contributed by atoms with van der Waals surface area (Å²) in [4.78, 5) is 2.44. The zero-order valence-electron chi connectivity index (χ0n) is 11.8. The molecular weight excluding hydrogens is 299 g/mol. The first-order valence-electron chi connectivity index (χ1n) is 7.18. The van der Waals surface area contributed by atoms with E-state index in [2.05, 4.69) is 16.3 Å². The molecule has 0 N–H and O–H groups in total. The molecular formula is C17H13FN2OS. The number of halogens is 1. The Hall–Kier alpha value is -2.27. The molecule has 1 aliphatic carbocycles. The lowest BCUT2D eigenvalue weighted by Gasteiger charge is -1.93. The molecule has 22 heavy (non-hydrogen) atoms. The highest BCUT2D eigenvalue weighted by atomic mass is 32.1. The van der Waals surface area contributed by atoms with Crippen molar-refractivity contribution >= 4 is 23.5 Å². The summed E-state index contributed by atoms with van der Waals surface area (Å²) >= 11 is 1.73. The largest absolute Gasteiger partial charge is 0.416 e. The van der Waals surface area contributed by atoms with Crippen LogP contribution in [-0.2, 0) is 12.8 Å². The van der Waals surface area contributed by atoms with Crippen molar-refractivity contribution in [1.82, 2.24) is 10.2 Å². The van der Waals surface area contributed by atoms with E-state index in [1.165, 1.54) is 22.9 Å². The Balaban J connectivity index is 1.57. The molecule has 3 nitrogen and oxygen atoms in total. The molecule has 0 atom stereocenters. The molecule has 110 valence electrons. The summed E-state index contributed by atoms with van der Waals surface area (Å²) in [5.74, 6) is 0.646. The van der Waals surface area contributed by atoms with Crippen LogP contribution in [0.1, 0.15) is 28.3 Å². The highest BCUT2D eigenvalue weighted by molar-refractivity contribution is 7.15. The van der Waals surface area contributed by atoms with E-state index < -0.39 is 0 Å². The van der Waals surface area contributed by atoms with E-state index >= 15 is 0 Å². The lowest BCUT2D eigenvalue weighted by Crippen LogP contribution is -1.79. The Bertz CT molecular complexity index is 828. The fraction of sp³-hybridized carbons (Fsp3) is 0.176. The van der Waals surface area contributed by atoms with E-state index in [1.807, 2.05) is 0 Å². The maximum atomic E-state index is 13.5. The number of hydrogen-bond donors (Lipinski definition) is 0. The molecule has 3 aromatic rings. The number of aromatic nitrogens is 2. The van der Waals surface area contributed by atoms with Gasteiger partial charge < -0.3 is 4.42 Å². The Morgan fingerprint density at radius 1 is 1.14 bits per heavy atom. The van der Waals surface area contributed by atoms with Gasteiger partial charge in [0.05, 0.1) is 4.88 Å². The van der Waals surface area contributed by atoms with Crippen molar-refractivity contribution in [2.24, 2.45) is 0 Å². The Labute approximate surface area is 131 Å². The van der Waals surface area contributed by atoms with Crippen LogP contribution in [0.4, 0.5) is 4.39 Å². The average molecular weight is 312 g/mol. The molecule has 2 heterocycles. The van der Waals surface area contributed by atoms with Gasteiger partial charge in [-0.25, -0.2) is 4.39 Å². The van der Waals surface area contributed by atoms with Crippen molar-refractivity contribution in [3.05, 3.63) is 58.0 Å². The monoisotopic (exact) mass is 312 g/mol. The van der Waals surface area contributed by atoms with Gasteiger partial charge >= 0.3 is 0 Å². The first kappa shape index (κ1) is 13.4. The van der Waals surface area contributed by atoms with Crippen molar-refractivity contribution in [3.63, 3.8) is 0 Å². The SMILES string of the molecule is Fc1ccccc1/C=C/c1nnc(-c2cc3c(s2)CCC3)o1. The number of hydrogen-bond acceptors (Lipinski definition) is 4. The van der Waals surface area contributed by atoms with Crippen molar-refractivity contribution in [2.45, 2.75) is 19.3 Å². The number of aryl methyl sites for hydroxylation is 2. The summed E-state index contributed by atoms with van der Waals surface area (Å²) in [6.45, 7) is 0. The molecule has 0 saturated heterocycles. The van der Waals surface area contributed by atoms with Gasteiger partial charge in [-0.2, -0.15) is 0 Å². The molecule has 0 spiro atoms. The number of fused-ring (bicyclic) bond motifs is 1. The molecule has 1 aliphatic rings. The Morgan fingerprint density at radius 2 is 2.05 bits per heavy atom. The second kappa shape index (κ2) is 5.50. The van der Waals surface area contributed by atoms with Gasteiger partial charge in [-0.15, -0.1) is 21.5 Å². The molecule has 2 aromatic heterocycles. The Morgan fingerprint density at radius 3 is 2.91 bits per heavy atom. The normalized spacial score (nSPS) is 13.9. The smallest absolute Gasteiger partial charge is 0.258 e. The predicted octanol–water partition coefficient (Wildman–Crippen LogP) is 4.60. The van der Waals surface area contributed by atoms with Gasteiger partial charge in [0, 0.05) is 16.5 Å². The third kappa shape index (κ3) is 2.48. The van der Waals surface area contributed by atoms with Crippen LogP contribution in [0.15, 0.2) is 34.7 Å². The van der Waals surface area contributed by atoms with Crippen LogP contribution in [0.5, 0.6) is 0 Å². The third-order valence-electron chi connectivity index (χ3n) is 3.71. The molecule has 0 saturated carbocycles. The highest BCUT2D eigenvalue weighted by Crippen LogP contribution is 2.35. The maximum Gasteiger partial charge on any atom is 0.258 e. The van der Waals surface area contributed by atoms with Crippen LogP contribution in [0.2, 0.25) is 0 Å². The molecule has 0 unspecified atom stereocenters. The second-order valence-corrected chi connectivity index (χ2v) is 6.35. The van der Waals surface area contributed by atoms with Crippen molar-refractivity contribution < 1.29 is 8.81 Å². The minimum atomic E-state index is -0.270. The van der Waals surface area contributed by atoms with E-state index in [9.17, 15) is 4.39 Å². The number of rotatable bonds is 3. The van der Waals surface area contributed by atoms with Gasteiger partial charge in [-0.05, 0) is 43.0 Å². The fourth-order valence-corrected chi connectivity index (χ4v) is 3.78. The molecule has 4 rings (SSSR count). The summed E-state index contributed by atoms with van der Waals surface area (Å²) in [5.41, 5.74) is 1.90. The molecule has 0 fully saturated rings. The lowest BCUT2D eigenvalue weighted by atomic mass is 10.2. The van der Waals surface area contributed by atoms with Gasteiger partial charge in [0.15, 0.2) is 0 Å². The average Bonchev–Trinajstić information content (AvgIpc) is 3.21.